The van der Waals surface area contributed by atoms with Crippen LogP contribution in [0.15, 0.2) is 29.0 Å². The third-order valence-electron chi connectivity index (χ3n) is 2.10. The van der Waals surface area contributed by atoms with E-state index in [2.05, 4.69) is 36.4 Å². The van der Waals surface area contributed by atoms with Gasteiger partial charge in [0.2, 0.25) is 0 Å². The lowest BCUT2D eigenvalue weighted by molar-refractivity contribution is 0.393. The van der Waals surface area contributed by atoms with Crippen LogP contribution in [0.25, 0.3) is 11.3 Å². The van der Waals surface area contributed by atoms with E-state index < -0.39 is 0 Å². The van der Waals surface area contributed by atoms with Crippen LogP contribution in [0.3, 0.4) is 0 Å². The molecule has 0 spiro atoms. The van der Waals surface area contributed by atoms with Gasteiger partial charge in [-0.25, -0.2) is 0 Å². The molecule has 0 atom stereocenters. The van der Waals surface area contributed by atoms with Crippen LogP contribution < -0.4 is 0 Å². The molecule has 0 aliphatic rings. The van der Waals surface area contributed by atoms with Gasteiger partial charge in [-0.05, 0) is 25.0 Å². The van der Waals surface area contributed by atoms with Crippen LogP contribution in [0.5, 0.6) is 0 Å². The van der Waals surface area contributed by atoms with E-state index in [4.69, 9.17) is 4.52 Å². The molecule has 0 aliphatic heterocycles. The molecule has 66 valence electrons. The highest BCUT2D eigenvalue weighted by Gasteiger charge is 2.07. The summed E-state index contributed by atoms with van der Waals surface area (Å²) in [6.07, 6.45) is 1.56. The molecule has 1 aromatic carbocycles. The highest BCUT2D eigenvalue weighted by atomic mass is 16.5. The molecule has 0 unspecified atom stereocenters. The van der Waals surface area contributed by atoms with Crippen molar-refractivity contribution in [2.24, 2.45) is 0 Å². The molecule has 1 aromatic heterocycles. The first-order valence-corrected chi connectivity index (χ1v) is 4.12. The molecule has 0 fully saturated rings. The van der Waals surface area contributed by atoms with Crippen molar-refractivity contribution in [3.8, 4) is 11.3 Å². The first kappa shape index (κ1) is 7.98. The van der Waals surface area contributed by atoms with Crippen molar-refractivity contribution in [3.05, 3.63) is 35.6 Å². The second-order valence-electron chi connectivity index (χ2n) is 3.06. The van der Waals surface area contributed by atoms with Crippen molar-refractivity contribution in [2.45, 2.75) is 13.8 Å². The van der Waals surface area contributed by atoms with Crippen LogP contribution in [0, 0.1) is 13.8 Å². The van der Waals surface area contributed by atoms with Gasteiger partial charge >= 0.3 is 0 Å². The number of nitrogens with zero attached hydrogens (tertiary/aromatic N) is 2. The Morgan fingerprint density at radius 1 is 1.15 bits per heavy atom. The second-order valence-corrected chi connectivity index (χ2v) is 3.06. The first-order chi connectivity index (χ1) is 6.29. The Kier molecular flexibility index (Phi) is 1.85. The summed E-state index contributed by atoms with van der Waals surface area (Å²) in [5.41, 5.74) is 4.30. The normalized spacial score (nSPS) is 10.3. The Bertz CT molecular complexity index is 387. The van der Waals surface area contributed by atoms with Gasteiger partial charge in [0.1, 0.15) is 5.69 Å². The Hall–Kier alpha value is -1.64. The van der Waals surface area contributed by atoms with Gasteiger partial charge in [-0.2, -0.15) is 0 Å². The van der Waals surface area contributed by atoms with E-state index in [9.17, 15) is 0 Å². The number of hydrogen-bond donors (Lipinski definition) is 0. The minimum Gasteiger partial charge on any atom is -0.345 e. The minimum absolute atomic E-state index is 0.801. The molecule has 13 heavy (non-hydrogen) atoms. The van der Waals surface area contributed by atoms with E-state index in [1.165, 1.54) is 11.1 Å². The fraction of sp³-hybridized carbons (Fsp3) is 0.200. The zero-order chi connectivity index (χ0) is 9.26. The summed E-state index contributed by atoms with van der Waals surface area (Å²) in [4.78, 5) is 0. The standard InChI is InChI=1S/C10H10N2O/c1-7-4-3-5-8(2)10(7)9-6-13-12-11-9/h3-6H,1-2H3. The highest BCUT2D eigenvalue weighted by molar-refractivity contribution is 5.65. The molecule has 3 nitrogen and oxygen atoms in total. The van der Waals surface area contributed by atoms with Crippen LogP contribution in [-0.2, 0) is 0 Å². The average molecular weight is 174 g/mol. The van der Waals surface area contributed by atoms with Gasteiger partial charge in [-0.1, -0.05) is 18.2 Å². The van der Waals surface area contributed by atoms with E-state index in [1.807, 2.05) is 6.07 Å². The number of benzene rings is 1. The van der Waals surface area contributed by atoms with Crippen molar-refractivity contribution in [3.63, 3.8) is 0 Å². The van der Waals surface area contributed by atoms with Crippen molar-refractivity contribution < 1.29 is 4.52 Å². The number of aromatic nitrogens is 2. The monoisotopic (exact) mass is 174 g/mol. The van der Waals surface area contributed by atoms with Crippen LogP contribution in [0.4, 0.5) is 0 Å². The number of hydrogen-bond acceptors (Lipinski definition) is 3. The SMILES string of the molecule is Cc1cccc(C)c1-c1conn1. The maximum absolute atomic E-state index is 4.72. The van der Waals surface area contributed by atoms with Crippen LogP contribution in [0.1, 0.15) is 11.1 Å². The maximum atomic E-state index is 4.72. The quantitative estimate of drug-likeness (QED) is 0.666. The van der Waals surface area contributed by atoms with Crippen LogP contribution in [0.2, 0.25) is 0 Å². The molecule has 0 saturated heterocycles. The maximum Gasteiger partial charge on any atom is 0.152 e. The van der Waals surface area contributed by atoms with Gasteiger partial charge in [0.05, 0.1) is 0 Å². The van der Waals surface area contributed by atoms with E-state index in [-0.39, 0.29) is 0 Å². The highest BCUT2D eigenvalue weighted by Crippen LogP contribution is 2.24. The zero-order valence-electron chi connectivity index (χ0n) is 7.61. The predicted octanol–water partition coefficient (Wildman–Crippen LogP) is 2.35. The Morgan fingerprint density at radius 2 is 1.85 bits per heavy atom. The molecule has 3 heteroatoms. The third-order valence-corrected chi connectivity index (χ3v) is 2.10. The lowest BCUT2D eigenvalue weighted by Crippen LogP contribution is -1.87. The molecule has 0 bridgehead atoms. The topological polar surface area (TPSA) is 38.9 Å². The molecule has 0 N–H and O–H groups in total. The van der Waals surface area contributed by atoms with Gasteiger partial charge in [0.15, 0.2) is 6.26 Å². The van der Waals surface area contributed by atoms with Crippen LogP contribution >= 0.6 is 0 Å². The summed E-state index contributed by atoms with van der Waals surface area (Å²) in [6.45, 7) is 4.11. The van der Waals surface area contributed by atoms with Crippen molar-refractivity contribution in [1.29, 1.82) is 0 Å². The van der Waals surface area contributed by atoms with E-state index in [1.54, 1.807) is 6.26 Å². The van der Waals surface area contributed by atoms with Gasteiger partial charge in [-0.15, -0.1) is 5.10 Å². The van der Waals surface area contributed by atoms with Gasteiger partial charge in [0.25, 0.3) is 0 Å². The predicted molar refractivity (Wildman–Crippen MR) is 49.2 cm³/mol. The van der Waals surface area contributed by atoms with Crippen molar-refractivity contribution in [1.82, 2.24) is 10.4 Å². The third kappa shape index (κ3) is 1.33. The van der Waals surface area contributed by atoms with Gasteiger partial charge in [-0.3, -0.25) is 0 Å². The summed E-state index contributed by atoms with van der Waals surface area (Å²) in [7, 11) is 0. The van der Waals surface area contributed by atoms with Gasteiger partial charge in [0, 0.05) is 10.8 Å². The summed E-state index contributed by atoms with van der Waals surface area (Å²) in [6, 6.07) is 6.13. The van der Waals surface area contributed by atoms with Crippen molar-refractivity contribution in [2.75, 3.05) is 0 Å². The zero-order valence-corrected chi connectivity index (χ0v) is 7.61. The summed E-state index contributed by atoms with van der Waals surface area (Å²) in [5.74, 6) is 0. The molecule has 2 rings (SSSR count). The molecule has 0 radical (unpaired) electrons. The molecule has 0 saturated carbocycles. The fourth-order valence-electron chi connectivity index (χ4n) is 1.49. The lowest BCUT2D eigenvalue weighted by atomic mass is 10.0. The van der Waals surface area contributed by atoms with E-state index >= 15 is 0 Å². The fourth-order valence-corrected chi connectivity index (χ4v) is 1.49. The summed E-state index contributed by atoms with van der Waals surface area (Å²) >= 11 is 0. The van der Waals surface area contributed by atoms with Crippen LogP contribution in [-0.4, -0.2) is 10.4 Å². The van der Waals surface area contributed by atoms with Crippen molar-refractivity contribution >= 4 is 0 Å². The smallest absolute Gasteiger partial charge is 0.152 e. The molecule has 0 amide bonds. The second kappa shape index (κ2) is 3.01. The average Bonchev–Trinajstić information content (AvgIpc) is 2.57. The number of aryl methyl sites for hydroxylation is 2. The first-order valence-electron chi connectivity index (χ1n) is 4.12. The molecule has 2 aromatic rings. The molecule has 0 aliphatic carbocycles. The Morgan fingerprint density at radius 3 is 2.38 bits per heavy atom. The van der Waals surface area contributed by atoms with Gasteiger partial charge < -0.3 is 4.52 Å². The largest absolute Gasteiger partial charge is 0.345 e. The van der Waals surface area contributed by atoms with E-state index in [0.29, 0.717) is 0 Å². The Labute approximate surface area is 76.4 Å². The molecular formula is C10H10N2O. The molecule has 1 heterocycles. The summed E-state index contributed by atoms with van der Waals surface area (Å²) < 4.78 is 4.72. The summed E-state index contributed by atoms with van der Waals surface area (Å²) in [5, 5.41) is 7.35. The van der Waals surface area contributed by atoms with E-state index in [0.717, 1.165) is 11.3 Å². The Balaban J connectivity index is 2.64. The molecular weight excluding hydrogens is 164 g/mol. The number of rotatable bonds is 1. The lowest BCUT2D eigenvalue weighted by Gasteiger charge is -2.04. The minimum atomic E-state index is 0.801.